The summed E-state index contributed by atoms with van der Waals surface area (Å²) in [5, 5.41) is 10.2. The third-order valence-electron chi connectivity index (χ3n) is 1.97. The van der Waals surface area contributed by atoms with Crippen LogP contribution in [0.15, 0.2) is 28.9 Å². The molecule has 5 nitrogen and oxygen atoms in total. The minimum absolute atomic E-state index is 0.304. The molecule has 1 amide bonds. The number of aromatic nitrogens is 2. The third-order valence-corrected chi connectivity index (χ3v) is 2.21. The van der Waals surface area contributed by atoms with Crippen molar-refractivity contribution in [2.24, 2.45) is 0 Å². The highest BCUT2D eigenvalue weighted by Crippen LogP contribution is 2.13. The number of aryl methyl sites for hydroxylation is 1. The number of carbonyl (C=O) groups is 1. The Kier molecular flexibility index (Phi) is 2.87. The predicted molar refractivity (Wildman–Crippen MR) is 58.4 cm³/mol. The van der Waals surface area contributed by atoms with E-state index in [2.05, 4.69) is 20.3 Å². The fourth-order valence-corrected chi connectivity index (χ4v) is 1.34. The van der Waals surface area contributed by atoms with Gasteiger partial charge in [0.25, 0.3) is 5.91 Å². The smallest absolute Gasteiger partial charge is 0.257 e. The van der Waals surface area contributed by atoms with Crippen molar-refractivity contribution in [3.05, 3.63) is 40.5 Å². The van der Waals surface area contributed by atoms with Gasteiger partial charge in [-0.2, -0.15) is 0 Å². The van der Waals surface area contributed by atoms with E-state index >= 15 is 0 Å². The first-order valence-corrected chi connectivity index (χ1v) is 4.90. The van der Waals surface area contributed by atoms with Crippen LogP contribution in [-0.2, 0) is 0 Å². The van der Waals surface area contributed by atoms with Crippen molar-refractivity contribution in [1.82, 2.24) is 10.3 Å². The summed E-state index contributed by atoms with van der Waals surface area (Å²) >= 11 is 5.78. The zero-order valence-electron chi connectivity index (χ0n) is 8.40. The number of hydrogen-bond acceptors (Lipinski definition) is 4. The summed E-state index contributed by atoms with van der Waals surface area (Å²) in [7, 11) is 0. The van der Waals surface area contributed by atoms with Crippen molar-refractivity contribution in [2.75, 3.05) is 5.32 Å². The zero-order valence-corrected chi connectivity index (χ0v) is 9.15. The van der Waals surface area contributed by atoms with Gasteiger partial charge in [0.15, 0.2) is 0 Å². The lowest BCUT2D eigenvalue weighted by molar-refractivity contribution is 0.102. The van der Waals surface area contributed by atoms with E-state index in [4.69, 9.17) is 11.6 Å². The Labute approximate surface area is 96.4 Å². The Balaban J connectivity index is 2.18. The molecule has 0 aliphatic heterocycles. The van der Waals surface area contributed by atoms with Crippen molar-refractivity contribution < 1.29 is 9.42 Å². The topological polar surface area (TPSA) is 68.0 Å². The largest absolute Gasteiger partial charge is 0.302 e. The molecule has 16 heavy (non-hydrogen) atoms. The highest BCUT2D eigenvalue weighted by atomic mass is 35.5. The first-order valence-electron chi connectivity index (χ1n) is 4.53. The van der Waals surface area contributed by atoms with E-state index in [1.807, 2.05) is 0 Å². The lowest BCUT2D eigenvalue weighted by Gasteiger charge is -2.01. The van der Waals surface area contributed by atoms with Crippen LogP contribution in [0, 0.1) is 6.92 Å². The fourth-order valence-electron chi connectivity index (χ4n) is 1.15. The molecule has 2 aromatic rings. The molecule has 0 aliphatic carbocycles. The first kappa shape index (κ1) is 10.6. The number of rotatable bonds is 2. The fraction of sp³-hybridized carbons (Fsp3) is 0.100. The molecule has 1 heterocycles. The number of halogens is 1. The zero-order chi connectivity index (χ0) is 11.5. The lowest BCUT2D eigenvalue weighted by atomic mass is 10.2. The second-order valence-corrected chi connectivity index (χ2v) is 3.60. The molecule has 1 aromatic carbocycles. The van der Waals surface area contributed by atoms with Gasteiger partial charge in [0.2, 0.25) is 5.82 Å². The number of benzene rings is 1. The molecule has 82 valence electrons. The Bertz CT molecular complexity index is 524. The van der Waals surface area contributed by atoms with Gasteiger partial charge in [-0.3, -0.25) is 4.79 Å². The van der Waals surface area contributed by atoms with Gasteiger partial charge in [-0.1, -0.05) is 22.8 Å². The van der Waals surface area contributed by atoms with Gasteiger partial charge in [-0.15, -0.1) is 0 Å². The molecule has 0 radical (unpaired) electrons. The quantitative estimate of drug-likeness (QED) is 0.870. The maximum atomic E-state index is 11.7. The summed E-state index contributed by atoms with van der Waals surface area (Å²) in [4.78, 5) is 11.7. The van der Waals surface area contributed by atoms with E-state index in [9.17, 15) is 4.79 Å². The summed E-state index contributed by atoms with van der Waals surface area (Å²) in [6.07, 6.45) is 0. The van der Waals surface area contributed by atoms with E-state index in [1.54, 1.807) is 31.2 Å². The van der Waals surface area contributed by atoms with Crippen molar-refractivity contribution in [1.29, 1.82) is 0 Å². The van der Waals surface area contributed by atoms with Gasteiger partial charge in [-0.25, -0.2) is 4.63 Å². The monoisotopic (exact) mass is 237 g/mol. The predicted octanol–water partition coefficient (Wildman–Crippen LogP) is 2.28. The Morgan fingerprint density at radius 2 is 2.25 bits per heavy atom. The van der Waals surface area contributed by atoms with Gasteiger partial charge in [0.1, 0.15) is 5.69 Å². The highest BCUT2D eigenvalue weighted by molar-refractivity contribution is 6.31. The number of carbonyl (C=O) groups excluding carboxylic acids is 1. The van der Waals surface area contributed by atoms with Gasteiger partial charge in [0, 0.05) is 10.6 Å². The molecule has 0 atom stereocenters. The second-order valence-electron chi connectivity index (χ2n) is 3.16. The number of amides is 1. The summed E-state index contributed by atoms with van der Waals surface area (Å²) < 4.78 is 4.46. The van der Waals surface area contributed by atoms with Crippen molar-refractivity contribution in [3.8, 4) is 0 Å². The maximum absolute atomic E-state index is 11.7. The summed E-state index contributed by atoms with van der Waals surface area (Å²) in [5.74, 6) is 0.00581. The molecule has 1 aromatic heterocycles. The lowest BCUT2D eigenvalue weighted by Crippen LogP contribution is -2.12. The molecule has 0 fully saturated rings. The summed E-state index contributed by atoms with van der Waals surface area (Å²) in [6, 6.07) is 6.62. The number of anilines is 1. The van der Waals surface area contributed by atoms with Crippen molar-refractivity contribution >= 4 is 23.3 Å². The van der Waals surface area contributed by atoms with Crippen LogP contribution in [0.2, 0.25) is 5.02 Å². The van der Waals surface area contributed by atoms with Gasteiger partial charge in [0.05, 0.1) is 0 Å². The first-order chi connectivity index (χ1) is 7.66. The average molecular weight is 238 g/mol. The van der Waals surface area contributed by atoms with Gasteiger partial charge < -0.3 is 5.32 Å². The number of nitrogens with one attached hydrogen (secondary N) is 1. The minimum atomic E-state index is -0.304. The molecule has 0 aliphatic rings. The number of hydrogen-bond donors (Lipinski definition) is 1. The van der Waals surface area contributed by atoms with Crippen LogP contribution in [-0.4, -0.2) is 16.2 Å². The summed E-state index contributed by atoms with van der Waals surface area (Å²) in [6.45, 7) is 1.68. The van der Waals surface area contributed by atoms with Crippen LogP contribution in [0.5, 0.6) is 0 Å². The summed E-state index contributed by atoms with van der Waals surface area (Å²) in [5.41, 5.74) is 0.977. The molecule has 1 N–H and O–H groups in total. The van der Waals surface area contributed by atoms with Gasteiger partial charge in [-0.05, 0) is 30.3 Å². The molecule has 2 rings (SSSR count). The Hall–Kier alpha value is -1.88. The minimum Gasteiger partial charge on any atom is -0.302 e. The molecular formula is C10H8ClN3O2. The maximum Gasteiger partial charge on any atom is 0.257 e. The molecule has 0 spiro atoms. The standard InChI is InChI=1S/C10H8ClN3O2/c1-6-9(14-16-13-6)12-10(15)7-3-2-4-8(11)5-7/h2-5H,1H3,(H,12,14,15). The third kappa shape index (κ3) is 2.20. The van der Waals surface area contributed by atoms with Crippen LogP contribution < -0.4 is 5.32 Å². The van der Waals surface area contributed by atoms with Crippen LogP contribution in [0.1, 0.15) is 16.1 Å². The van der Waals surface area contributed by atoms with Crippen molar-refractivity contribution in [3.63, 3.8) is 0 Å². The van der Waals surface area contributed by atoms with Crippen LogP contribution in [0.4, 0.5) is 5.82 Å². The molecule has 0 unspecified atom stereocenters. The van der Waals surface area contributed by atoms with Crippen LogP contribution >= 0.6 is 11.6 Å². The molecule has 0 saturated heterocycles. The van der Waals surface area contributed by atoms with Crippen LogP contribution in [0.3, 0.4) is 0 Å². The van der Waals surface area contributed by atoms with E-state index in [0.29, 0.717) is 22.1 Å². The van der Waals surface area contributed by atoms with E-state index < -0.39 is 0 Å². The molecular weight excluding hydrogens is 230 g/mol. The van der Waals surface area contributed by atoms with E-state index in [0.717, 1.165) is 0 Å². The van der Waals surface area contributed by atoms with Gasteiger partial charge >= 0.3 is 0 Å². The average Bonchev–Trinajstić information content (AvgIpc) is 2.64. The van der Waals surface area contributed by atoms with Crippen molar-refractivity contribution in [2.45, 2.75) is 6.92 Å². The van der Waals surface area contributed by atoms with E-state index in [1.165, 1.54) is 0 Å². The Morgan fingerprint density at radius 3 is 2.88 bits per heavy atom. The Morgan fingerprint density at radius 1 is 1.44 bits per heavy atom. The molecule has 0 bridgehead atoms. The SMILES string of the molecule is Cc1nonc1NC(=O)c1cccc(Cl)c1. The second kappa shape index (κ2) is 4.32. The highest BCUT2D eigenvalue weighted by Gasteiger charge is 2.11. The molecule has 6 heteroatoms. The molecule has 0 saturated carbocycles. The van der Waals surface area contributed by atoms with E-state index in [-0.39, 0.29) is 5.91 Å². The van der Waals surface area contributed by atoms with Crippen LogP contribution in [0.25, 0.3) is 0 Å². The number of nitrogens with zero attached hydrogens (tertiary/aromatic N) is 2. The normalized spacial score (nSPS) is 10.1.